The second-order valence-electron chi connectivity index (χ2n) is 6.75. The molecule has 0 aliphatic heterocycles. The SMILES string of the molecule is Cc1cc(=O)oc2cc(Oc3c4c(nc5ccccc35)CCC4)ccc12. The molecule has 128 valence electrons. The number of hydrogen-bond acceptors (Lipinski definition) is 4. The molecule has 0 atom stereocenters. The minimum atomic E-state index is -0.345. The van der Waals surface area contributed by atoms with Gasteiger partial charge >= 0.3 is 5.63 Å². The fourth-order valence-corrected chi connectivity index (χ4v) is 3.77. The second-order valence-corrected chi connectivity index (χ2v) is 6.75. The molecule has 0 spiro atoms. The average molecular weight is 343 g/mol. The van der Waals surface area contributed by atoms with Gasteiger partial charge in [-0.15, -0.1) is 0 Å². The quantitative estimate of drug-likeness (QED) is 0.484. The number of aromatic nitrogens is 1. The van der Waals surface area contributed by atoms with E-state index in [-0.39, 0.29) is 5.63 Å². The van der Waals surface area contributed by atoms with Gasteiger partial charge in [0, 0.05) is 34.2 Å². The van der Waals surface area contributed by atoms with Crippen molar-refractivity contribution < 1.29 is 9.15 Å². The predicted molar refractivity (Wildman–Crippen MR) is 101 cm³/mol. The first-order valence-corrected chi connectivity index (χ1v) is 8.82. The minimum absolute atomic E-state index is 0.345. The smallest absolute Gasteiger partial charge is 0.336 e. The van der Waals surface area contributed by atoms with Crippen molar-refractivity contribution in [1.29, 1.82) is 0 Å². The summed E-state index contributed by atoms with van der Waals surface area (Å²) in [5.74, 6) is 1.54. The summed E-state index contributed by atoms with van der Waals surface area (Å²) in [4.78, 5) is 16.5. The molecule has 0 fully saturated rings. The number of benzene rings is 2. The molecule has 2 aromatic carbocycles. The predicted octanol–water partition coefficient (Wildman–Crippen LogP) is 4.93. The fourth-order valence-electron chi connectivity index (χ4n) is 3.77. The molecule has 4 aromatic rings. The Bertz CT molecular complexity index is 1220. The van der Waals surface area contributed by atoms with Crippen molar-refractivity contribution in [3.8, 4) is 11.5 Å². The fraction of sp³-hybridized carbons (Fsp3) is 0.182. The number of fused-ring (bicyclic) bond motifs is 3. The second kappa shape index (κ2) is 5.70. The van der Waals surface area contributed by atoms with E-state index >= 15 is 0 Å². The normalized spacial score (nSPS) is 13.3. The number of rotatable bonds is 2. The van der Waals surface area contributed by atoms with Crippen LogP contribution in [0.1, 0.15) is 23.2 Å². The maximum atomic E-state index is 11.7. The topological polar surface area (TPSA) is 52.3 Å². The Morgan fingerprint density at radius 3 is 2.85 bits per heavy atom. The Morgan fingerprint density at radius 2 is 1.92 bits per heavy atom. The van der Waals surface area contributed by atoms with Gasteiger partial charge in [-0.2, -0.15) is 0 Å². The lowest BCUT2D eigenvalue weighted by Gasteiger charge is -2.14. The van der Waals surface area contributed by atoms with Crippen LogP contribution >= 0.6 is 0 Å². The third kappa shape index (κ3) is 2.37. The van der Waals surface area contributed by atoms with Crippen molar-refractivity contribution >= 4 is 21.9 Å². The molecule has 1 aliphatic rings. The molecule has 0 bridgehead atoms. The zero-order valence-electron chi connectivity index (χ0n) is 14.4. The molecular weight excluding hydrogens is 326 g/mol. The van der Waals surface area contributed by atoms with Gasteiger partial charge in [-0.25, -0.2) is 4.79 Å². The number of nitrogens with zero attached hydrogens (tertiary/aromatic N) is 1. The van der Waals surface area contributed by atoms with Gasteiger partial charge < -0.3 is 9.15 Å². The van der Waals surface area contributed by atoms with Gasteiger partial charge in [-0.3, -0.25) is 4.98 Å². The zero-order chi connectivity index (χ0) is 17.7. The molecule has 2 aromatic heterocycles. The average Bonchev–Trinajstić information content (AvgIpc) is 3.09. The van der Waals surface area contributed by atoms with E-state index in [2.05, 4.69) is 0 Å². The third-order valence-electron chi connectivity index (χ3n) is 5.01. The molecule has 5 rings (SSSR count). The largest absolute Gasteiger partial charge is 0.456 e. The maximum absolute atomic E-state index is 11.7. The third-order valence-corrected chi connectivity index (χ3v) is 5.01. The molecule has 0 saturated heterocycles. The highest BCUT2D eigenvalue weighted by molar-refractivity contribution is 5.88. The van der Waals surface area contributed by atoms with E-state index in [1.807, 2.05) is 43.3 Å². The molecule has 4 nitrogen and oxygen atoms in total. The summed E-state index contributed by atoms with van der Waals surface area (Å²) in [5.41, 5.74) is 4.37. The van der Waals surface area contributed by atoms with Crippen molar-refractivity contribution in [2.75, 3.05) is 0 Å². The number of ether oxygens (including phenoxy) is 1. The number of pyridine rings is 1. The van der Waals surface area contributed by atoms with Crippen LogP contribution in [0.25, 0.3) is 21.9 Å². The highest BCUT2D eigenvalue weighted by Gasteiger charge is 2.21. The summed E-state index contributed by atoms with van der Waals surface area (Å²) in [6, 6.07) is 15.2. The van der Waals surface area contributed by atoms with Crippen molar-refractivity contribution in [2.24, 2.45) is 0 Å². The molecule has 1 aliphatic carbocycles. The van der Waals surface area contributed by atoms with Gasteiger partial charge in [0.05, 0.1) is 5.52 Å². The first-order chi connectivity index (χ1) is 12.7. The first kappa shape index (κ1) is 15.1. The molecule has 4 heteroatoms. The maximum Gasteiger partial charge on any atom is 0.336 e. The van der Waals surface area contributed by atoms with Crippen LogP contribution in [0.5, 0.6) is 11.5 Å². The van der Waals surface area contributed by atoms with E-state index in [4.69, 9.17) is 14.1 Å². The van der Waals surface area contributed by atoms with Crippen molar-refractivity contribution in [3.63, 3.8) is 0 Å². The molecular formula is C22H17NO3. The number of aryl methyl sites for hydroxylation is 2. The van der Waals surface area contributed by atoms with E-state index in [9.17, 15) is 4.79 Å². The molecule has 0 radical (unpaired) electrons. The summed E-state index contributed by atoms with van der Waals surface area (Å²) >= 11 is 0. The molecule has 0 amide bonds. The molecule has 0 saturated carbocycles. The van der Waals surface area contributed by atoms with Gasteiger partial charge in [-0.05, 0) is 56.0 Å². The summed E-state index contributed by atoms with van der Waals surface area (Å²) in [6.07, 6.45) is 3.06. The minimum Gasteiger partial charge on any atom is -0.456 e. The van der Waals surface area contributed by atoms with Gasteiger partial charge in [0.2, 0.25) is 0 Å². The van der Waals surface area contributed by atoms with Crippen LogP contribution < -0.4 is 10.4 Å². The Labute approximate surface area is 150 Å². The van der Waals surface area contributed by atoms with Gasteiger partial charge in [-0.1, -0.05) is 12.1 Å². The number of para-hydroxylation sites is 1. The highest BCUT2D eigenvalue weighted by Crippen LogP contribution is 2.39. The summed E-state index contributed by atoms with van der Waals surface area (Å²) < 4.78 is 11.7. The van der Waals surface area contributed by atoms with Gasteiger partial charge in [0.15, 0.2) is 0 Å². The van der Waals surface area contributed by atoms with E-state index in [1.54, 1.807) is 6.07 Å². The van der Waals surface area contributed by atoms with Crippen LogP contribution in [0.3, 0.4) is 0 Å². The summed E-state index contributed by atoms with van der Waals surface area (Å²) in [6.45, 7) is 1.91. The lowest BCUT2D eigenvalue weighted by atomic mass is 10.1. The Hall–Kier alpha value is -3.14. The summed E-state index contributed by atoms with van der Waals surface area (Å²) in [5, 5.41) is 1.93. The van der Waals surface area contributed by atoms with Crippen LogP contribution in [0, 0.1) is 6.92 Å². The Morgan fingerprint density at radius 1 is 1.04 bits per heavy atom. The molecule has 0 N–H and O–H groups in total. The van der Waals surface area contributed by atoms with Crippen molar-refractivity contribution in [3.05, 3.63) is 75.8 Å². The Balaban J connectivity index is 1.68. The molecule has 26 heavy (non-hydrogen) atoms. The zero-order valence-corrected chi connectivity index (χ0v) is 14.4. The van der Waals surface area contributed by atoms with Gasteiger partial charge in [0.25, 0.3) is 0 Å². The summed E-state index contributed by atoms with van der Waals surface area (Å²) in [7, 11) is 0. The van der Waals surface area contributed by atoms with E-state index in [1.165, 1.54) is 11.6 Å². The first-order valence-electron chi connectivity index (χ1n) is 8.82. The molecule has 0 unspecified atom stereocenters. The van der Waals surface area contributed by atoms with Gasteiger partial charge in [0.1, 0.15) is 17.1 Å². The molecule has 2 heterocycles. The monoisotopic (exact) mass is 343 g/mol. The highest BCUT2D eigenvalue weighted by atomic mass is 16.5. The van der Waals surface area contributed by atoms with Crippen LogP contribution in [0.4, 0.5) is 0 Å². The van der Waals surface area contributed by atoms with E-state index in [0.29, 0.717) is 11.3 Å². The van der Waals surface area contributed by atoms with Crippen LogP contribution in [0.15, 0.2) is 57.7 Å². The standard InChI is InChI=1S/C22H17NO3/c1-13-11-21(24)26-20-12-14(9-10-15(13)20)25-22-16-5-2-3-7-18(16)23-19-8-4-6-17(19)22/h2-3,5,7,9-12H,4,6,8H2,1H3. The Kier molecular flexibility index (Phi) is 3.32. The lowest BCUT2D eigenvalue weighted by molar-refractivity contribution is 0.480. The van der Waals surface area contributed by atoms with Crippen molar-refractivity contribution in [2.45, 2.75) is 26.2 Å². The van der Waals surface area contributed by atoms with Crippen molar-refractivity contribution in [1.82, 2.24) is 4.98 Å². The van der Waals surface area contributed by atoms with E-state index in [0.717, 1.165) is 52.6 Å². The number of hydrogen-bond donors (Lipinski definition) is 0. The van der Waals surface area contributed by atoms with Crippen LogP contribution in [0.2, 0.25) is 0 Å². The van der Waals surface area contributed by atoms with Crippen LogP contribution in [-0.4, -0.2) is 4.98 Å². The lowest BCUT2D eigenvalue weighted by Crippen LogP contribution is -1.99. The van der Waals surface area contributed by atoms with E-state index < -0.39 is 0 Å². The van der Waals surface area contributed by atoms with Crippen LogP contribution in [-0.2, 0) is 12.8 Å².